The highest BCUT2D eigenvalue weighted by atomic mass is 16.6. The van der Waals surface area contributed by atoms with Crippen LogP contribution in [0.4, 0.5) is 0 Å². The van der Waals surface area contributed by atoms with Gasteiger partial charge in [-0.15, -0.1) is 0 Å². The number of carbonyl (C=O) groups excluding carboxylic acids is 3. The summed E-state index contributed by atoms with van der Waals surface area (Å²) in [5.74, 6) is -1.04. The van der Waals surface area contributed by atoms with Gasteiger partial charge in [-0.2, -0.15) is 0 Å². The Morgan fingerprint density at radius 3 is 2.55 bits per heavy atom. The Hall–Kier alpha value is -2.19. The second-order valence-corrected chi connectivity index (χ2v) is 9.53. The number of ether oxygens (including phenoxy) is 3. The van der Waals surface area contributed by atoms with Crippen molar-refractivity contribution < 1.29 is 33.7 Å². The summed E-state index contributed by atoms with van der Waals surface area (Å²) in [7, 11) is 1.45. The molecule has 0 saturated carbocycles. The molecular weight excluding hydrogens is 402 g/mol. The van der Waals surface area contributed by atoms with Gasteiger partial charge in [-0.3, -0.25) is 14.5 Å². The van der Waals surface area contributed by atoms with Crippen LogP contribution in [0.2, 0.25) is 0 Å². The summed E-state index contributed by atoms with van der Waals surface area (Å²) in [6, 6.07) is -0.123. The summed E-state index contributed by atoms with van der Waals surface area (Å²) >= 11 is 0. The lowest BCUT2D eigenvalue weighted by molar-refractivity contribution is -0.169. The van der Waals surface area contributed by atoms with E-state index in [9.17, 15) is 19.5 Å². The first-order valence-electron chi connectivity index (χ1n) is 11.1. The molecular formula is C23H29NO7. The molecule has 0 aromatic heterocycles. The van der Waals surface area contributed by atoms with Crippen LogP contribution in [0.5, 0.6) is 0 Å². The number of cyclic esters (lactones) is 1. The van der Waals surface area contributed by atoms with Gasteiger partial charge in [-0.05, 0) is 58.1 Å². The third-order valence-electron chi connectivity index (χ3n) is 8.10. The molecule has 3 fully saturated rings. The molecule has 8 heteroatoms. The topological polar surface area (TPSA) is 102 Å². The van der Waals surface area contributed by atoms with E-state index in [1.54, 1.807) is 13.8 Å². The summed E-state index contributed by atoms with van der Waals surface area (Å²) in [6.07, 6.45) is 1.91. The minimum Gasteiger partial charge on any atom is -0.496 e. The van der Waals surface area contributed by atoms with Crippen LogP contribution >= 0.6 is 0 Å². The molecule has 1 N–H and O–H groups in total. The zero-order valence-electron chi connectivity index (χ0n) is 18.4. The number of hydrogen-bond acceptors (Lipinski definition) is 8. The van der Waals surface area contributed by atoms with E-state index in [4.69, 9.17) is 14.2 Å². The average Bonchev–Trinajstić information content (AvgIpc) is 3.36. The van der Waals surface area contributed by atoms with Crippen molar-refractivity contribution >= 4 is 17.7 Å². The van der Waals surface area contributed by atoms with Crippen LogP contribution in [0, 0.1) is 5.92 Å². The van der Waals surface area contributed by atoms with Crippen molar-refractivity contribution in [2.24, 2.45) is 5.92 Å². The molecule has 8 nitrogen and oxygen atoms in total. The molecule has 0 aromatic rings. The van der Waals surface area contributed by atoms with Crippen molar-refractivity contribution in [3.8, 4) is 0 Å². The van der Waals surface area contributed by atoms with Crippen LogP contribution in [-0.2, 0) is 28.6 Å². The Labute approximate surface area is 181 Å². The largest absolute Gasteiger partial charge is 0.496 e. The Morgan fingerprint density at radius 2 is 1.90 bits per heavy atom. The molecule has 0 radical (unpaired) electrons. The van der Waals surface area contributed by atoms with E-state index in [1.165, 1.54) is 7.11 Å². The number of rotatable bonds is 2. The average molecular weight is 431 g/mol. The molecule has 6 atom stereocenters. The number of nitrogens with zero attached hydrogens (tertiary/aromatic N) is 1. The van der Waals surface area contributed by atoms with E-state index in [0.29, 0.717) is 43.4 Å². The number of ketones is 1. The third-order valence-corrected chi connectivity index (χ3v) is 8.10. The first kappa shape index (κ1) is 20.7. The molecule has 5 rings (SSSR count). The predicted octanol–water partition coefficient (Wildman–Crippen LogP) is 1.41. The number of hydrogen-bond donors (Lipinski definition) is 1. The van der Waals surface area contributed by atoms with Gasteiger partial charge in [0.05, 0.1) is 24.7 Å². The van der Waals surface area contributed by atoms with Crippen LogP contribution < -0.4 is 0 Å². The molecule has 168 valence electrons. The van der Waals surface area contributed by atoms with Gasteiger partial charge in [0.2, 0.25) is 5.78 Å². The van der Waals surface area contributed by atoms with E-state index in [1.807, 2.05) is 6.92 Å². The Bertz CT molecular complexity index is 952. The normalized spacial score (nSPS) is 42.8. The number of esters is 2. The number of aliphatic hydroxyl groups excluding tert-OH is 1. The van der Waals surface area contributed by atoms with Gasteiger partial charge in [-0.25, -0.2) is 4.79 Å². The second kappa shape index (κ2) is 6.65. The lowest BCUT2D eigenvalue weighted by Gasteiger charge is -2.48. The van der Waals surface area contributed by atoms with Crippen LogP contribution in [0.15, 0.2) is 22.5 Å². The Balaban J connectivity index is 1.71. The maximum atomic E-state index is 13.8. The minimum absolute atomic E-state index is 0.123. The Kier molecular flexibility index (Phi) is 4.44. The zero-order valence-corrected chi connectivity index (χ0v) is 18.4. The number of Topliss-reactive ketones (excluding diaryl/α,β-unsaturated/α-hetero) is 1. The molecule has 0 bridgehead atoms. The highest BCUT2D eigenvalue weighted by molar-refractivity contribution is 6.14. The van der Waals surface area contributed by atoms with Crippen LogP contribution in [0.25, 0.3) is 0 Å². The molecule has 31 heavy (non-hydrogen) atoms. The fourth-order valence-electron chi connectivity index (χ4n) is 6.88. The van der Waals surface area contributed by atoms with Crippen molar-refractivity contribution in [3.63, 3.8) is 0 Å². The van der Waals surface area contributed by atoms with Gasteiger partial charge in [0.25, 0.3) is 5.60 Å². The molecule has 2 spiro atoms. The molecule has 3 saturated heterocycles. The van der Waals surface area contributed by atoms with Gasteiger partial charge >= 0.3 is 11.9 Å². The molecule has 4 aliphatic heterocycles. The summed E-state index contributed by atoms with van der Waals surface area (Å²) in [5.41, 5.74) is -1.33. The molecule has 0 amide bonds. The van der Waals surface area contributed by atoms with Crippen molar-refractivity contribution in [1.29, 1.82) is 0 Å². The third kappa shape index (κ3) is 2.30. The van der Waals surface area contributed by atoms with Crippen LogP contribution in [-0.4, -0.2) is 70.8 Å². The van der Waals surface area contributed by atoms with Gasteiger partial charge in [0.15, 0.2) is 5.76 Å². The zero-order chi connectivity index (χ0) is 22.3. The summed E-state index contributed by atoms with van der Waals surface area (Å²) in [4.78, 5) is 40.9. The van der Waals surface area contributed by atoms with Crippen LogP contribution in [0.1, 0.15) is 52.9 Å². The fraction of sp³-hybridized carbons (Fsp3) is 0.696. The van der Waals surface area contributed by atoms with Crippen molar-refractivity contribution in [2.75, 3.05) is 13.7 Å². The number of aliphatic hydroxyl groups is 1. The molecule has 2 unspecified atom stereocenters. The highest BCUT2D eigenvalue weighted by Crippen LogP contribution is 2.62. The fourth-order valence-corrected chi connectivity index (χ4v) is 6.88. The lowest BCUT2D eigenvalue weighted by atomic mass is 9.73. The standard InChI is InChI=1S/C23H29NO7/c1-11-10-16(30-20(11)27)14-7-8-22-17(15(25)6-5-9-24(14)22)12(2)18(26)23(22)19(29-4)13(3)21(28)31-23/h11,14-16,25H,5-10H2,1-4H3/t11-,14-,15?,16-,22?,23+/m0/s1. The van der Waals surface area contributed by atoms with E-state index < -0.39 is 23.2 Å². The number of methoxy groups -OCH3 is 1. The quantitative estimate of drug-likeness (QED) is 0.655. The lowest BCUT2D eigenvalue weighted by Crippen LogP contribution is -2.66. The highest BCUT2D eigenvalue weighted by Gasteiger charge is 2.77. The van der Waals surface area contributed by atoms with E-state index in [-0.39, 0.29) is 41.1 Å². The van der Waals surface area contributed by atoms with Gasteiger partial charge in [-0.1, -0.05) is 6.92 Å². The molecule has 5 aliphatic rings. The smallest absolute Gasteiger partial charge is 0.338 e. The number of carbonyl (C=O) groups is 3. The summed E-state index contributed by atoms with van der Waals surface area (Å²) < 4.78 is 17.3. The second-order valence-electron chi connectivity index (χ2n) is 9.53. The van der Waals surface area contributed by atoms with Crippen molar-refractivity contribution in [3.05, 3.63) is 22.5 Å². The van der Waals surface area contributed by atoms with Gasteiger partial charge in [0.1, 0.15) is 11.6 Å². The minimum atomic E-state index is -1.64. The van der Waals surface area contributed by atoms with E-state index >= 15 is 0 Å². The first-order chi connectivity index (χ1) is 14.7. The van der Waals surface area contributed by atoms with Gasteiger partial charge in [0, 0.05) is 11.6 Å². The van der Waals surface area contributed by atoms with E-state index in [2.05, 4.69) is 4.90 Å². The monoisotopic (exact) mass is 431 g/mol. The Morgan fingerprint density at radius 1 is 1.16 bits per heavy atom. The maximum absolute atomic E-state index is 13.8. The molecule has 0 aromatic carbocycles. The van der Waals surface area contributed by atoms with E-state index in [0.717, 1.165) is 6.42 Å². The van der Waals surface area contributed by atoms with Gasteiger partial charge < -0.3 is 19.3 Å². The maximum Gasteiger partial charge on any atom is 0.338 e. The predicted molar refractivity (Wildman–Crippen MR) is 108 cm³/mol. The first-order valence-corrected chi connectivity index (χ1v) is 11.1. The summed E-state index contributed by atoms with van der Waals surface area (Å²) in [6.45, 7) is 5.78. The van der Waals surface area contributed by atoms with Crippen LogP contribution in [0.3, 0.4) is 0 Å². The van der Waals surface area contributed by atoms with Crippen molar-refractivity contribution in [2.45, 2.75) is 82.3 Å². The van der Waals surface area contributed by atoms with Crippen molar-refractivity contribution in [1.82, 2.24) is 4.90 Å². The molecule has 4 heterocycles. The molecule has 1 aliphatic carbocycles. The summed E-state index contributed by atoms with van der Waals surface area (Å²) in [5, 5.41) is 11.1. The SMILES string of the molecule is COC1=C(C)C(=O)O[C@]12C(=O)C(C)=C1C(O)CCCN3[C@H]([C@@H]4C[C@H](C)C(=O)O4)CCC132.